The molecule has 0 spiro atoms. The molecule has 1 aliphatic carbocycles. The van der Waals surface area contributed by atoms with Crippen LogP contribution >= 0.6 is 11.8 Å². The highest BCUT2D eigenvalue weighted by Gasteiger charge is 2.41. The molecule has 8 heteroatoms. The van der Waals surface area contributed by atoms with Gasteiger partial charge in [0.05, 0.1) is 11.5 Å². The second-order valence-electron chi connectivity index (χ2n) is 6.85. The Morgan fingerprint density at radius 2 is 1.60 bits per heavy atom. The van der Waals surface area contributed by atoms with E-state index in [0.29, 0.717) is 5.92 Å². The zero-order valence-electron chi connectivity index (χ0n) is 14.9. The summed E-state index contributed by atoms with van der Waals surface area (Å²) in [6.07, 6.45) is 3.63. The Kier molecular flexibility index (Phi) is 7.28. The average molecular weight is 369 g/mol. The molecule has 1 heterocycles. The number of amides is 4. The number of thioether (sulfide) groups is 1. The van der Waals surface area contributed by atoms with Gasteiger partial charge in [-0.2, -0.15) is 0 Å². The minimum absolute atomic E-state index is 0.0408. The van der Waals surface area contributed by atoms with Crippen molar-refractivity contribution in [3.05, 3.63) is 0 Å². The van der Waals surface area contributed by atoms with Crippen molar-refractivity contribution in [2.75, 3.05) is 31.1 Å². The molecule has 2 fully saturated rings. The molecule has 2 atom stereocenters. The molecule has 0 aromatic carbocycles. The largest absolute Gasteiger partial charge is 0.355 e. The van der Waals surface area contributed by atoms with E-state index in [1.54, 1.807) is 13.8 Å². The van der Waals surface area contributed by atoms with E-state index in [1.165, 1.54) is 35.9 Å². The molecule has 4 amide bonds. The minimum atomic E-state index is -0.294. The maximum Gasteiger partial charge on any atom is 0.232 e. The first-order chi connectivity index (χ1) is 11.9. The Morgan fingerprint density at radius 1 is 1.04 bits per heavy atom. The molecular formula is C17H27N3O4S. The molecule has 1 saturated carbocycles. The van der Waals surface area contributed by atoms with Crippen LogP contribution in [0.25, 0.3) is 0 Å². The molecule has 1 saturated heterocycles. The summed E-state index contributed by atoms with van der Waals surface area (Å²) < 4.78 is 0. The Morgan fingerprint density at radius 3 is 2.12 bits per heavy atom. The van der Waals surface area contributed by atoms with Crippen LogP contribution in [0.5, 0.6) is 0 Å². The van der Waals surface area contributed by atoms with Gasteiger partial charge >= 0.3 is 0 Å². The first kappa shape index (κ1) is 19.8. The van der Waals surface area contributed by atoms with E-state index in [4.69, 9.17) is 0 Å². The number of imide groups is 1. The summed E-state index contributed by atoms with van der Waals surface area (Å²) in [6, 6.07) is 0. The summed E-state index contributed by atoms with van der Waals surface area (Å²) in [6.45, 7) is 4.67. The molecule has 2 N–H and O–H groups in total. The topological polar surface area (TPSA) is 95.6 Å². The van der Waals surface area contributed by atoms with Gasteiger partial charge in [0.2, 0.25) is 23.6 Å². The van der Waals surface area contributed by atoms with E-state index >= 15 is 0 Å². The second-order valence-corrected chi connectivity index (χ2v) is 7.83. The molecule has 2 aliphatic rings. The van der Waals surface area contributed by atoms with Gasteiger partial charge in [0.25, 0.3) is 0 Å². The molecule has 0 radical (unpaired) electrons. The van der Waals surface area contributed by atoms with Crippen LogP contribution in [0.2, 0.25) is 0 Å². The third kappa shape index (κ3) is 5.45. The van der Waals surface area contributed by atoms with Crippen LogP contribution in [0.1, 0.15) is 33.1 Å². The summed E-state index contributed by atoms with van der Waals surface area (Å²) in [5.74, 6) is -0.108. The first-order valence-corrected chi connectivity index (χ1v) is 10.0. The Hall–Kier alpha value is -1.57. The lowest BCUT2D eigenvalue weighted by Gasteiger charge is -2.25. The lowest BCUT2D eigenvalue weighted by atomic mass is 9.85. The van der Waals surface area contributed by atoms with Crippen molar-refractivity contribution < 1.29 is 19.2 Å². The fraction of sp³-hybridized carbons (Fsp3) is 0.765. The van der Waals surface area contributed by atoms with Gasteiger partial charge in [-0.25, -0.2) is 0 Å². The van der Waals surface area contributed by atoms with Gasteiger partial charge in [-0.1, -0.05) is 20.3 Å². The molecule has 2 rings (SSSR count). The number of carbonyl (C=O) groups is 4. The quantitative estimate of drug-likeness (QED) is 0.574. The van der Waals surface area contributed by atoms with Crippen molar-refractivity contribution in [2.24, 2.45) is 17.8 Å². The van der Waals surface area contributed by atoms with Crippen LogP contribution in [0.15, 0.2) is 0 Å². The third-order valence-electron chi connectivity index (χ3n) is 5.00. The highest BCUT2D eigenvalue weighted by atomic mass is 32.2. The lowest BCUT2D eigenvalue weighted by Crippen LogP contribution is -2.39. The van der Waals surface area contributed by atoms with E-state index in [0.717, 1.165) is 6.54 Å². The Bertz CT molecular complexity index is 516. The number of nitrogens with zero attached hydrogens (tertiary/aromatic N) is 1. The molecule has 140 valence electrons. The van der Waals surface area contributed by atoms with Gasteiger partial charge in [0.1, 0.15) is 0 Å². The summed E-state index contributed by atoms with van der Waals surface area (Å²) in [4.78, 5) is 48.5. The van der Waals surface area contributed by atoms with Crippen molar-refractivity contribution in [3.8, 4) is 0 Å². The standard InChI is InChI=1S/C17H27N3O4S/c1-11-12(2)17(24)20(16(11)23)7-6-18-14(21)9-25-10-15(22)19-8-13-4-3-5-13/h11-13H,3-10H2,1-2H3,(H,18,21)(H,19,22)/t11-,12+. The molecule has 1 aliphatic heterocycles. The zero-order valence-corrected chi connectivity index (χ0v) is 15.7. The first-order valence-electron chi connectivity index (χ1n) is 8.86. The molecular weight excluding hydrogens is 342 g/mol. The van der Waals surface area contributed by atoms with E-state index in [-0.39, 0.29) is 60.1 Å². The van der Waals surface area contributed by atoms with Crippen molar-refractivity contribution in [1.82, 2.24) is 15.5 Å². The van der Waals surface area contributed by atoms with Crippen molar-refractivity contribution in [1.29, 1.82) is 0 Å². The van der Waals surface area contributed by atoms with Gasteiger partial charge in [0, 0.05) is 31.5 Å². The number of likely N-dealkylation sites (tertiary alicyclic amines) is 1. The van der Waals surface area contributed by atoms with Crippen molar-refractivity contribution >= 4 is 35.4 Å². The summed E-state index contributed by atoms with van der Waals surface area (Å²) >= 11 is 1.26. The maximum atomic E-state index is 11.9. The van der Waals surface area contributed by atoms with Crippen LogP contribution in [-0.4, -0.2) is 59.7 Å². The van der Waals surface area contributed by atoms with Gasteiger partial charge in [0.15, 0.2) is 0 Å². The number of nitrogens with one attached hydrogen (secondary N) is 2. The average Bonchev–Trinajstić information content (AvgIpc) is 2.71. The monoisotopic (exact) mass is 369 g/mol. The predicted octanol–water partition coefficient (Wildman–Crippen LogP) is 0.393. The molecule has 25 heavy (non-hydrogen) atoms. The number of hydrogen-bond donors (Lipinski definition) is 2. The fourth-order valence-electron chi connectivity index (χ4n) is 2.85. The van der Waals surface area contributed by atoms with Gasteiger partial charge in [-0.05, 0) is 18.8 Å². The Balaban J connectivity index is 1.54. The fourth-order valence-corrected chi connectivity index (χ4v) is 3.53. The predicted molar refractivity (Wildman–Crippen MR) is 95.7 cm³/mol. The van der Waals surface area contributed by atoms with Crippen LogP contribution in [0.3, 0.4) is 0 Å². The second kappa shape index (κ2) is 9.22. The van der Waals surface area contributed by atoms with E-state index in [1.807, 2.05) is 0 Å². The van der Waals surface area contributed by atoms with E-state index in [2.05, 4.69) is 10.6 Å². The molecule has 0 bridgehead atoms. The molecule has 0 aromatic rings. The van der Waals surface area contributed by atoms with Crippen LogP contribution in [0.4, 0.5) is 0 Å². The van der Waals surface area contributed by atoms with Crippen LogP contribution in [-0.2, 0) is 19.2 Å². The third-order valence-corrected chi connectivity index (χ3v) is 5.93. The van der Waals surface area contributed by atoms with Crippen molar-refractivity contribution in [3.63, 3.8) is 0 Å². The highest BCUT2D eigenvalue weighted by molar-refractivity contribution is 8.00. The minimum Gasteiger partial charge on any atom is -0.355 e. The normalized spacial score (nSPS) is 23.5. The van der Waals surface area contributed by atoms with Gasteiger partial charge in [-0.3, -0.25) is 24.1 Å². The van der Waals surface area contributed by atoms with Gasteiger partial charge in [-0.15, -0.1) is 11.8 Å². The molecule has 0 unspecified atom stereocenters. The number of hydrogen-bond acceptors (Lipinski definition) is 5. The van der Waals surface area contributed by atoms with Gasteiger partial charge < -0.3 is 10.6 Å². The molecule has 0 aromatic heterocycles. The van der Waals surface area contributed by atoms with E-state index in [9.17, 15) is 19.2 Å². The van der Waals surface area contributed by atoms with Crippen LogP contribution < -0.4 is 10.6 Å². The zero-order chi connectivity index (χ0) is 18.4. The summed E-state index contributed by atoms with van der Waals surface area (Å²) in [5, 5.41) is 5.57. The van der Waals surface area contributed by atoms with Crippen LogP contribution in [0, 0.1) is 17.8 Å². The summed E-state index contributed by atoms with van der Waals surface area (Å²) in [7, 11) is 0. The SMILES string of the molecule is C[C@@H]1C(=O)N(CCNC(=O)CSCC(=O)NCC2CCC2)C(=O)[C@@H]1C. The number of rotatable bonds is 9. The number of carbonyl (C=O) groups excluding carboxylic acids is 4. The smallest absolute Gasteiger partial charge is 0.232 e. The Labute approximate surface area is 152 Å². The summed E-state index contributed by atoms with van der Waals surface area (Å²) in [5.41, 5.74) is 0. The maximum absolute atomic E-state index is 11.9. The lowest BCUT2D eigenvalue weighted by molar-refractivity contribution is -0.140. The van der Waals surface area contributed by atoms with E-state index < -0.39 is 0 Å². The highest BCUT2D eigenvalue weighted by Crippen LogP contribution is 2.25. The molecule has 7 nitrogen and oxygen atoms in total. The van der Waals surface area contributed by atoms with Crippen molar-refractivity contribution in [2.45, 2.75) is 33.1 Å².